The third kappa shape index (κ3) is 4.49. The first-order valence-corrected chi connectivity index (χ1v) is 8.77. The number of esters is 1. The Labute approximate surface area is 144 Å². The van der Waals surface area contributed by atoms with E-state index in [1.807, 2.05) is 0 Å². The van der Waals surface area contributed by atoms with Crippen molar-refractivity contribution in [1.29, 1.82) is 0 Å². The number of hydrogen-bond donors (Lipinski definition) is 1. The van der Waals surface area contributed by atoms with Gasteiger partial charge in [0, 0.05) is 5.56 Å². The summed E-state index contributed by atoms with van der Waals surface area (Å²) in [5.41, 5.74) is 0.197. The van der Waals surface area contributed by atoms with Gasteiger partial charge in [-0.25, -0.2) is 22.3 Å². The molecule has 25 heavy (non-hydrogen) atoms. The molecule has 2 aromatic rings. The molecule has 2 rings (SSSR count). The third-order valence-electron chi connectivity index (χ3n) is 3.43. The molecule has 1 atom stereocenters. The number of Topliss-reactive ketones (excluding diaryl/α,β-unsaturated/α-hetero) is 1. The molecule has 0 heterocycles. The Kier molecular flexibility index (Phi) is 5.66. The Morgan fingerprint density at radius 3 is 2.32 bits per heavy atom. The van der Waals surface area contributed by atoms with Crippen molar-refractivity contribution in [1.82, 2.24) is 4.72 Å². The minimum absolute atomic E-state index is 0.00455. The van der Waals surface area contributed by atoms with Crippen LogP contribution in [0.3, 0.4) is 0 Å². The zero-order valence-electron chi connectivity index (χ0n) is 13.5. The molecule has 1 N–H and O–H groups in total. The summed E-state index contributed by atoms with van der Waals surface area (Å²) in [5, 5.41) is 0. The summed E-state index contributed by atoms with van der Waals surface area (Å²) in [6.45, 7) is 1.39. The smallest absolute Gasteiger partial charge is 0.338 e. The van der Waals surface area contributed by atoms with E-state index in [4.69, 9.17) is 4.74 Å². The number of hydrogen-bond acceptors (Lipinski definition) is 5. The van der Waals surface area contributed by atoms with E-state index in [2.05, 4.69) is 4.72 Å². The summed E-state index contributed by atoms with van der Waals surface area (Å²) in [6, 6.07) is 10.1. The maximum atomic E-state index is 12.9. The van der Waals surface area contributed by atoms with E-state index >= 15 is 0 Å². The minimum atomic E-state index is -3.71. The van der Waals surface area contributed by atoms with E-state index in [1.54, 1.807) is 0 Å². The lowest BCUT2D eigenvalue weighted by molar-refractivity contribution is 0.0318. The van der Waals surface area contributed by atoms with E-state index in [-0.39, 0.29) is 16.0 Å². The number of rotatable bonds is 6. The molecule has 0 aliphatic rings. The number of sulfonamides is 1. The Bertz CT molecular complexity index is 894. The van der Waals surface area contributed by atoms with Gasteiger partial charge in [-0.1, -0.05) is 6.07 Å². The van der Waals surface area contributed by atoms with Crippen LogP contribution in [0.15, 0.2) is 53.4 Å². The Hall–Kier alpha value is -2.58. The van der Waals surface area contributed by atoms with Crippen molar-refractivity contribution in [3.8, 4) is 0 Å². The van der Waals surface area contributed by atoms with Crippen LogP contribution in [-0.4, -0.2) is 33.3 Å². The molecule has 0 saturated carbocycles. The number of halogens is 1. The largest absolute Gasteiger partial charge is 0.451 e. The standard InChI is InChI=1S/C17H16FNO5S/c1-11(16(20)12-6-8-14(18)9-7-12)24-17(21)13-4-3-5-15(10-13)25(22,23)19-2/h3-11,19H,1-2H3/t11-/m1/s1. The molecule has 8 heteroatoms. The summed E-state index contributed by atoms with van der Waals surface area (Å²) < 4.78 is 43.7. The van der Waals surface area contributed by atoms with Crippen LogP contribution in [0.5, 0.6) is 0 Å². The molecule has 0 bridgehead atoms. The van der Waals surface area contributed by atoms with Crippen LogP contribution in [0.4, 0.5) is 4.39 Å². The number of ketones is 1. The van der Waals surface area contributed by atoms with E-state index in [1.165, 1.54) is 44.3 Å². The van der Waals surface area contributed by atoms with Gasteiger partial charge in [0.1, 0.15) is 5.82 Å². The average molecular weight is 365 g/mol. The van der Waals surface area contributed by atoms with Crippen molar-refractivity contribution in [2.24, 2.45) is 0 Å². The van der Waals surface area contributed by atoms with Crippen molar-refractivity contribution in [2.45, 2.75) is 17.9 Å². The van der Waals surface area contributed by atoms with Gasteiger partial charge < -0.3 is 4.74 Å². The molecule has 0 spiro atoms. The fourth-order valence-corrected chi connectivity index (χ4v) is 2.81. The highest BCUT2D eigenvalue weighted by molar-refractivity contribution is 7.89. The van der Waals surface area contributed by atoms with Crippen LogP contribution in [0.2, 0.25) is 0 Å². The van der Waals surface area contributed by atoms with Crippen molar-refractivity contribution < 1.29 is 27.1 Å². The van der Waals surface area contributed by atoms with E-state index in [0.717, 1.165) is 18.2 Å². The van der Waals surface area contributed by atoms with Gasteiger partial charge >= 0.3 is 5.97 Å². The molecule has 0 aliphatic carbocycles. The first-order valence-electron chi connectivity index (χ1n) is 7.29. The highest BCUT2D eigenvalue weighted by atomic mass is 32.2. The molecule has 0 saturated heterocycles. The summed E-state index contributed by atoms with van der Waals surface area (Å²) in [6.07, 6.45) is -1.11. The van der Waals surface area contributed by atoms with Crippen molar-refractivity contribution in [3.05, 3.63) is 65.5 Å². The van der Waals surface area contributed by atoms with Crippen LogP contribution in [0.25, 0.3) is 0 Å². The summed E-state index contributed by atoms with van der Waals surface area (Å²) >= 11 is 0. The van der Waals surface area contributed by atoms with Gasteiger partial charge in [0.2, 0.25) is 15.8 Å². The third-order valence-corrected chi connectivity index (χ3v) is 4.84. The molecule has 0 aliphatic heterocycles. The lowest BCUT2D eigenvalue weighted by Crippen LogP contribution is -2.25. The van der Waals surface area contributed by atoms with Crippen molar-refractivity contribution in [3.63, 3.8) is 0 Å². The topological polar surface area (TPSA) is 89.5 Å². The first kappa shape index (κ1) is 18.8. The van der Waals surface area contributed by atoms with Crippen LogP contribution in [0.1, 0.15) is 27.6 Å². The van der Waals surface area contributed by atoms with Gasteiger partial charge in [-0.2, -0.15) is 0 Å². The van der Waals surface area contributed by atoms with Crippen LogP contribution in [0, 0.1) is 5.82 Å². The number of carbonyl (C=O) groups excluding carboxylic acids is 2. The van der Waals surface area contributed by atoms with E-state index < -0.39 is 33.7 Å². The molecule has 6 nitrogen and oxygen atoms in total. The molecule has 0 fully saturated rings. The molecule has 0 amide bonds. The fourth-order valence-electron chi connectivity index (χ4n) is 2.04. The molecule has 0 unspecified atom stereocenters. The number of nitrogens with one attached hydrogen (secondary N) is 1. The number of ether oxygens (including phenoxy) is 1. The Balaban J connectivity index is 2.15. The van der Waals surface area contributed by atoms with E-state index in [0.29, 0.717) is 0 Å². The van der Waals surface area contributed by atoms with Gasteiger partial charge in [0.15, 0.2) is 6.10 Å². The van der Waals surface area contributed by atoms with Gasteiger partial charge in [-0.05, 0) is 56.4 Å². The maximum absolute atomic E-state index is 12.9. The normalized spacial score (nSPS) is 12.4. The summed E-state index contributed by atoms with van der Waals surface area (Å²) in [7, 11) is -2.45. The molecule has 132 valence electrons. The average Bonchev–Trinajstić information content (AvgIpc) is 2.61. The minimum Gasteiger partial charge on any atom is -0.451 e. The number of carbonyl (C=O) groups is 2. The monoisotopic (exact) mass is 365 g/mol. The Morgan fingerprint density at radius 1 is 1.08 bits per heavy atom. The summed E-state index contributed by atoms with van der Waals surface area (Å²) in [4.78, 5) is 24.3. The SMILES string of the molecule is CNS(=O)(=O)c1cccc(C(=O)O[C@H](C)C(=O)c2ccc(F)cc2)c1. The second kappa shape index (κ2) is 7.54. The zero-order valence-corrected chi connectivity index (χ0v) is 14.3. The quantitative estimate of drug-likeness (QED) is 0.626. The predicted octanol–water partition coefficient (Wildman–Crippen LogP) is 2.16. The molecular weight excluding hydrogens is 349 g/mol. The van der Waals surface area contributed by atoms with Crippen LogP contribution < -0.4 is 4.72 Å². The lowest BCUT2D eigenvalue weighted by Gasteiger charge is -2.13. The lowest BCUT2D eigenvalue weighted by atomic mass is 10.1. The first-order chi connectivity index (χ1) is 11.7. The van der Waals surface area contributed by atoms with E-state index in [9.17, 15) is 22.4 Å². The second-order valence-corrected chi connectivity index (χ2v) is 7.04. The second-order valence-electron chi connectivity index (χ2n) is 5.15. The molecule has 0 radical (unpaired) electrons. The van der Waals surface area contributed by atoms with Gasteiger partial charge in [0.05, 0.1) is 10.5 Å². The van der Waals surface area contributed by atoms with Crippen LogP contribution in [-0.2, 0) is 14.8 Å². The maximum Gasteiger partial charge on any atom is 0.338 e. The van der Waals surface area contributed by atoms with Crippen molar-refractivity contribution in [2.75, 3.05) is 7.05 Å². The van der Waals surface area contributed by atoms with Gasteiger partial charge in [-0.3, -0.25) is 4.79 Å². The number of benzene rings is 2. The Morgan fingerprint density at radius 2 is 1.72 bits per heavy atom. The van der Waals surface area contributed by atoms with Gasteiger partial charge in [0.25, 0.3) is 0 Å². The van der Waals surface area contributed by atoms with Gasteiger partial charge in [-0.15, -0.1) is 0 Å². The summed E-state index contributed by atoms with van der Waals surface area (Å²) in [5.74, 6) is -1.81. The van der Waals surface area contributed by atoms with Crippen molar-refractivity contribution >= 4 is 21.8 Å². The molecule has 2 aromatic carbocycles. The molecular formula is C17H16FNO5S. The predicted molar refractivity (Wildman–Crippen MR) is 88.3 cm³/mol. The zero-order chi connectivity index (χ0) is 18.6. The highest BCUT2D eigenvalue weighted by Crippen LogP contribution is 2.14. The highest BCUT2D eigenvalue weighted by Gasteiger charge is 2.21. The fraction of sp³-hybridized carbons (Fsp3) is 0.176. The van der Waals surface area contributed by atoms with Crippen LogP contribution >= 0.6 is 0 Å². The molecule has 0 aromatic heterocycles.